The summed E-state index contributed by atoms with van der Waals surface area (Å²) in [5.41, 5.74) is 1.17. The van der Waals surface area contributed by atoms with E-state index in [0.717, 1.165) is 5.75 Å². The van der Waals surface area contributed by atoms with Gasteiger partial charge in [-0.25, -0.2) is 0 Å². The second kappa shape index (κ2) is 4.98. The molecule has 96 valence electrons. The van der Waals surface area contributed by atoms with Gasteiger partial charge in [0.25, 0.3) is 0 Å². The van der Waals surface area contributed by atoms with Crippen LogP contribution in [0.5, 0.6) is 5.75 Å². The summed E-state index contributed by atoms with van der Waals surface area (Å²) in [6.45, 7) is 3.37. The molecule has 1 aromatic carbocycles. The van der Waals surface area contributed by atoms with Crippen molar-refractivity contribution < 1.29 is 14.3 Å². The SMILES string of the molecule is O=C(CC1COc2ccccc21)N1CCOCC1. The van der Waals surface area contributed by atoms with Gasteiger partial charge >= 0.3 is 0 Å². The van der Waals surface area contributed by atoms with Gasteiger partial charge in [0.05, 0.1) is 19.8 Å². The fraction of sp³-hybridized carbons (Fsp3) is 0.500. The van der Waals surface area contributed by atoms with E-state index in [2.05, 4.69) is 6.07 Å². The fourth-order valence-corrected chi connectivity index (χ4v) is 2.55. The number of benzene rings is 1. The van der Waals surface area contributed by atoms with E-state index < -0.39 is 0 Å². The minimum absolute atomic E-state index is 0.205. The number of hydrogen-bond acceptors (Lipinski definition) is 3. The molecule has 2 aliphatic rings. The van der Waals surface area contributed by atoms with Crippen LogP contribution >= 0.6 is 0 Å². The van der Waals surface area contributed by atoms with Gasteiger partial charge in [-0.2, -0.15) is 0 Å². The van der Waals surface area contributed by atoms with Crippen LogP contribution in [0.15, 0.2) is 24.3 Å². The van der Waals surface area contributed by atoms with Crippen molar-refractivity contribution in [2.75, 3.05) is 32.9 Å². The molecule has 4 nitrogen and oxygen atoms in total. The summed E-state index contributed by atoms with van der Waals surface area (Å²) in [4.78, 5) is 14.1. The van der Waals surface area contributed by atoms with E-state index in [1.54, 1.807) is 0 Å². The highest BCUT2D eigenvalue weighted by atomic mass is 16.5. The lowest BCUT2D eigenvalue weighted by atomic mass is 9.97. The van der Waals surface area contributed by atoms with Crippen molar-refractivity contribution >= 4 is 5.91 Å². The van der Waals surface area contributed by atoms with Gasteiger partial charge in [-0.1, -0.05) is 18.2 Å². The molecule has 0 saturated carbocycles. The molecular formula is C14H17NO3. The van der Waals surface area contributed by atoms with Gasteiger partial charge in [0.1, 0.15) is 5.75 Å². The zero-order valence-electron chi connectivity index (χ0n) is 10.3. The van der Waals surface area contributed by atoms with Crippen molar-refractivity contribution in [1.82, 2.24) is 4.90 Å². The standard InChI is InChI=1S/C14H17NO3/c16-14(15-5-7-17-8-6-15)9-11-10-18-13-4-2-1-3-12(11)13/h1-4,11H,5-10H2. The predicted molar refractivity (Wildman–Crippen MR) is 66.7 cm³/mol. The third-order valence-corrected chi connectivity index (χ3v) is 3.58. The molecule has 0 spiro atoms. The van der Waals surface area contributed by atoms with Crippen LogP contribution in [0.2, 0.25) is 0 Å². The van der Waals surface area contributed by atoms with Crippen LogP contribution in [0, 0.1) is 0 Å². The van der Waals surface area contributed by atoms with E-state index in [1.165, 1.54) is 5.56 Å². The molecule has 2 aliphatic heterocycles. The summed E-state index contributed by atoms with van der Waals surface area (Å²) >= 11 is 0. The number of carbonyl (C=O) groups is 1. The Morgan fingerprint density at radius 1 is 1.28 bits per heavy atom. The zero-order valence-corrected chi connectivity index (χ0v) is 10.3. The molecule has 1 atom stereocenters. The Kier molecular flexibility index (Phi) is 3.19. The number of amides is 1. The molecule has 2 heterocycles. The van der Waals surface area contributed by atoms with E-state index in [1.807, 2.05) is 23.1 Å². The fourth-order valence-electron chi connectivity index (χ4n) is 2.55. The molecule has 4 heteroatoms. The number of carbonyl (C=O) groups excluding carboxylic acids is 1. The van der Waals surface area contributed by atoms with E-state index >= 15 is 0 Å². The van der Waals surface area contributed by atoms with Crippen molar-refractivity contribution in [3.8, 4) is 5.75 Å². The molecule has 1 unspecified atom stereocenters. The minimum atomic E-state index is 0.205. The van der Waals surface area contributed by atoms with Gasteiger partial charge in [0.15, 0.2) is 0 Å². The molecule has 1 aromatic rings. The lowest BCUT2D eigenvalue weighted by Crippen LogP contribution is -2.41. The molecule has 1 saturated heterocycles. The van der Waals surface area contributed by atoms with E-state index in [0.29, 0.717) is 39.3 Å². The van der Waals surface area contributed by atoms with Gasteiger partial charge in [-0.3, -0.25) is 4.79 Å². The maximum absolute atomic E-state index is 12.2. The smallest absolute Gasteiger partial charge is 0.223 e. The molecule has 0 bridgehead atoms. The molecule has 0 N–H and O–H groups in total. The summed E-state index contributed by atoms with van der Waals surface area (Å²) in [7, 11) is 0. The Morgan fingerprint density at radius 3 is 2.89 bits per heavy atom. The normalized spacial score (nSPS) is 22.4. The molecule has 18 heavy (non-hydrogen) atoms. The van der Waals surface area contributed by atoms with Crippen molar-refractivity contribution in [2.24, 2.45) is 0 Å². The monoisotopic (exact) mass is 247 g/mol. The first kappa shape index (κ1) is 11.5. The quantitative estimate of drug-likeness (QED) is 0.793. The largest absolute Gasteiger partial charge is 0.493 e. The number of fused-ring (bicyclic) bond motifs is 1. The predicted octanol–water partition coefficient (Wildman–Crippen LogP) is 1.41. The Bertz CT molecular complexity index is 440. The third-order valence-electron chi connectivity index (χ3n) is 3.58. The maximum atomic E-state index is 12.2. The number of para-hydroxylation sites is 1. The Balaban J connectivity index is 1.65. The van der Waals surface area contributed by atoms with Crippen LogP contribution in [-0.4, -0.2) is 43.7 Å². The first-order valence-electron chi connectivity index (χ1n) is 6.42. The molecular weight excluding hydrogens is 230 g/mol. The average Bonchev–Trinajstić information content (AvgIpc) is 2.83. The van der Waals surface area contributed by atoms with Gasteiger partial charge in [0, 0.05) is 31.0 Å². The van der Waals surface area contributed by atoms with E-state index in [4.69, 9.17) is 9.47 Å². The minimum Gasteiger partial charge on any atom is -0.493 e. The molecule has 0 aromatic heterocycles. The summed E-state index contributed by atoms with van der Waals surface area (Å²) in [5.74, 6) is 1.34. The highest BCUT2D eigenvalue weighted by Gasteiger charge is 2.28. The van der Waals surface area contributed by atoms with Crippen molar-refractivity contribution in [3.05, 3.63) is 29.8 Å². The number of hydrogen-bond donors (Lipinski definition) is 0. The second-order valence-electron chi connectivity index (χ2n) is 4.74. The van der Waals surface area contributed by atoms with Gasteiger partial charge in [-0.05, 0) is 6.07 Å². The lowest BCUT2D eigenvalue weighted by Gasteiger charge is -2.27. The van der Waals surface area contributed by atoms with Crippen LogP contribution in [-0.2, 0) is 9.53 Å². The summed E-state index contributed by atoms with van der Waals surface area (Å²) < 4.78 is 10.9. The van der Waals surface area contributed by atoms with Crippen LogP contribution in [0.1, 0.15) is 17.9 Å². The van der Waals surface area contributed by atoms with Crippen LogP contribution < -0.4 is 4.74 Å². The Hall–Kier alpha value is -1.55. The molecule has 0 radical (unpaired) electrons. The number of rotatable bonds is 2. The van der Waals surface area contributed by atoms with E-state index in [9.17, 15) is 4.79 Å². The molecule has 1 amide bonds. The van der Waals surface area contributed by atoms with Gasteiger partial charge in [0.2, 0.25) is 5.91 Å². The first-order valence-corrected chi connectivity index (χ1v) is 6.42. The summed E-state index contributed by atoms with van der Waals surface area (Å²) in [6.07, 6.45) is 0.539. The van der Waals surface area contributed by atoms with Crippen molar-refractivity contribution in [1.29, 1.82) is 0 Å². The lowest BCUT2D eigenvalue weighted by molar-refractivity contribution is -0.135. The number of ether oxygens (including phenoxy) is 2. The second-order valence-corrected chi connectivity index (χ2v) is 4.74. The summed E-state index contributed by atoms with van der Waals surface area (Å²) in [5, 5.41) is 0. The van der Waals surface area contributed by atoms with Crippen molar-refractivity contribution in [2.45, 2.75) is 12.3 Å². The van der Waals surface area contributed by atoms with Gasteiger partial charge in [-0.15, -0.1) is 0 Å². The summed E-state index contributed by atoms with van der Waals surface area (Å²) in [6, 6.07) is 7.98. The van der Waals surface area contributed by atoms with Crippen LogP contribution in [0.4, 0.5) is 0 Å². The highest BCUT2D eigenvalue weighted by Crippen LogP contribution is 2.35. The average molecular weight is 247 g/mol. The first-order chi connectivity index (χ1) is 8.84. The molecule has 3 rings (SSSR count). The van der Waals surface area contributed by atoms with Gasteiger partial charge < -0.3 is 14.4 Å². The third kappa shape index (κ3) is 2.20. The maximum Gasteiger partial charge on any atom is 0.223 e. The van der Waals surface area contributed by atoms with Crippen molar-refractivity contribution in [3.63, 3.8) is 0 Å². The number of nitrogens with zero attached hydrogens (tertiary/aromatic N) is 1. The molecule has 0 aliphatic carbocycles. The van der Waals surface area contributed by atoms with E-state index in [-0.39, 0.29) is 11.8 Å². The zero-order chi connectivity index (χ0) is 12.4. The molecule has 1 fully saturated rings. The highest BCUT2D eigenvalue weighted by molar-refractivity contribution is 5.77. The number of morpholine rings is 1. The van der Waals surface area contributed by atoms with Crippen LogP contribution in [0.25, 0.3) is 0 Å². The Morgan fingerprint density at radius 2 is 2.06 bits per heavy atom. The topological polar surface area (TPSA) is 38.8 Å². The Labute approximate surface area is 106 Å². The van der Waals surface area contributed by atoms with Crippen LogP contribution in [0.3, 0.4) is 0 Å².